The SMILES string of the molecule is CCC1CC(NC2CCC(c3ccccc3)CC2)CCO1. The van der Waals surface area contributed by atoms with Gasteiger partial charge < -0.3 is 10.1 Å². The lowest BCUT2D eigenvalue weighted by Crippen LogP contribution is -2.45. The van der Waals surface area contributed by atoms with E-state index in [0.717, 1.165) is 25.0 Å². The third-order valence-electron chi connectivity index (χ3n) is 5.29. The summed E-state index contributed by atoms with van der Waals surface area (Å²) in [6, 6.07) is 12.5. The van der Waals surface area contributed by atoms with Gasteiger partial charge >= 0.3 is 0 Å². The predicted octanol–water partition coefficient (Wildman–Crippen LogP) is 4.26. The van der Waals surface area contributed by atoms with Gasteiger partial charge in [0.25, 0.3) is 0 Å². The van der Waals surface area contributed by atoms with Gasteiger partial charge in [-0.2, -0.15) is 0 Å². The average Bonchev–Trinajstić information content (AvgIpc) is 2.56. The lowest BCUT2D eigenvalue weighted by Gasteiger charge is -2.36. The fraction of sp³-hybridized carbons (Fsp3) is 0.684. The fourth-order valence-electron chi connectivity index (χ4n) is 3.97. The van der Waals surface area contributed by atoms with Gasteiger partial charge in [-0.25, -0.2) is 0 Å². The highest BCUT2D eigenvalue weighted by atomic mass is 16.5. The molecule has 2 aliphatic rings. The van der Waals surface area contributed by atoms with Crippen molar-refractivity contribution in [2.75, 3.05) is 6.61 Å². The molecule has 116 valence electrons. The smallest absolute Gasteiger partial charge is 0.0587 e. The van der Waals surface area contributed by atoms with E-state index in [-0.39, 0.29) is 0 Å². The summed E-state index contributed by atoms with van der Waals surface area (Å²) in [7, 11) is 0. The van der Waals surface area contributed by atoms with E-state index < -0.39 is 0 Å². The standard InChI is InChI=1S/C19H29NO/c1-2-19-14-18(12-13-21-19)20-17-10-8-16(9-11-17)15-6-4-3-5-7-15/h3-7,16-20H,2,8-14H2,1H3. The highest BCUT2D eigenvalue weighted by Gasteiger charge is 2.27. The van der Waals surface area contributed by atoms with Crippen molar-refractivity contribution in [1.29, 1.82) is 0 Å². The number of nitrogens with one attached hydrogen (secondary N) is 1. The van der Waals surface area contributed by atoms with E-state index >= 15 is 0 Å². The fourth-order valence-corrected chi connectivity index (χ4v) is 3.97. The zero-order valence-corrected chi connectivity index (χ0v) is 13.3. The van der Waals surface area contributed by atoms with Crippen LogP contribution in [0.15, 0.2) is 30.3 Å². The maximum absolute atomic E-state index is 5.78. The summed E-state index contributed by atoms with van der Waals surface area (Å²) in [5.74, 6) is 0.780. The largest absolute Gasteiger partial charge is 0.378 e. The Morgan fingerprint density at radius 3 is 2.48 bits per heavy atom. The summed E-state index contributed by atoms with van der Waals surface area (Å²) in [4.78, 5) is 0. The molecule has 0 amide bonds. The predicted molar refractivity (Wildman–Crippen MR) is 87.6 cm³/mol. The minimum Gasteiger partial charge on any atom is -0.378 e. The number of hydrogen-bond donors (Lipinski definition) is 1. The second-order valence-corrected chi connectivity index (χ2v) is 6.75. The van der Waals surface area contributed by atoms with E-state index in [1.807, 2.05) is 0 Å². The summed E-state index contributed by atoms with van der Waals surface area (Å²) >= 11 is 0. The van der Waals surface area contributed by atoms with E-state index in [1.54, 1.807) is 0 Å². The molecule has 3 rings (SSSR count). The third kappa shape index (κ3) is 4.08. The van der Waals surface area contributed by atoms with Gasteiger partial charge in [0.15, 0.2) is 0 Å². The van der Waals surface area contributed by atoms with E-state index in [2.05, 4.69) is 42.6 Å². The summed E-state index contributed by atoms with van der Waals surface area (Å²) in [6.45, 7) is 3.17. The first-order chi connectivity index (χ1) is 10.3. The second kappa shape index (κ2) is 7.42. The number of rotatable bonds is 4. The average molecular weight is 287 g/mol. The number of hydrogen-bond acceptors (Lipinski definition) is 2. The van der Waals surface area contributed by atoms with Crippen LogP contribution in [0, 0.1) is 0 Å². The molecule has 0 spiro atoms. The second-order valence-electron chi connectivity index (χ2n) is 6.75. The molecule has 0 radical (unpaired) electrons. The van der Waals surface area contributed by atoms with Gasteiger partial charge in [-0.05, 0) is 56.4 Å². The molecule has 2 atom stereocenters. The van der Waals surface area contributed by atoms with Crippen molar-refractivity contribution in [2.45, 2.75) is 76.0 Å². The monoisotopic (exact) mass is 287 g/mol. The van der Waals surface area contributed by atoms with Gasteiger partial charge in [-0.15, -0.1) is 0 Å². The Balaban J connectivity index is 1.45. The molecular formula is C19H29NO. The van der Waals surface area contributed by atoms with Crippen LogP contribution in [0.3, 0.4) is 0 Å². The van der Waals surface area contributed by atoms with E-state index in [0.29, 0.717) is 12.1 Å². The normalized spacial score (nSPS) is 33.8. The summed E-state index contributed by atoms with van der Waals surface area (Å²) in [5, 5.41) is 3.91. The minimum absolute atomic E-state index is 0.483. The van der Waals surface area contributed by atoms with Crippen LogP contribution in [0.4, 0.5) is 0 Å². The Bertz CT molecular complexity index is 411. The van der Waals surface area contributed by atoms with Crippen LogP contribution in [0.5, 0.6) is 0 Å². The maximum atomic E-state index is 5.78. The third-order valence-corrected chi connectivity index (χ3v) is 5.29. The van der Waals surface area contributed by atoms with Crippen molar-refractivity contribution in [3.05, 3.63) is 35.9 Å². The molecule has 2 fully saturated rings. The molecule has 1 aliphatic heterocycles. The molecule has 1 aromatic rings. The van der Waals surface area contributed by atoms with Crippen molar-refractivity contribution in [3.63, 3.8) is 0 Å². The lowest BCUT2D eigenvalue weighted by molar-refractivity contribution is -0.00283. The topological polar surface area (TPSA) is 21.3 Å². The molecule has 2 heteroatoms. The Morgan fingerprint density at radius 2 is 1.76 bits per heavy atom. The van der Waals surface area contributed by atoms with Crippen LogP contribution >= 0.6 is 0 Å². The zero-order chi connectivity index (χ0) is 14.5. The van der Waals surface area contributed by atoms with E-state index in [1.165, 1.54) is 44.1 Å². The van der Waals surface area contributed by atoms with E-state index in [4.69, 9.17) is 4.74 Å². The lowest BCUT2D eigenvalue weighted by atomic mass is 9.81. The van der Waals surface area contributed by atoms with Crippen LogP contribution in [0.2, 0.25) is 0 Å². The molecule has 1 saturated heterocycles. The van der Waals surface area contributed by atoms with Crippen molar-refractivity contribution in [3.8, 4) is 0 Å². The highest BCUT2D eigenvalue weighted by molar-refractivity contribution is 5.20. The molecule has 1 N–H and O–H groups in total. The summed E-state index contributed by atoms with van der Waals surface area (Å²) in [5.41, 5.74) is 1.54. The molecule has 1 saturated carbocycles. The van der Waals surface area contributed by atoms with Gasteiger partial charge in [0, 0.05) is 18.7 Å². The quantitative estimate of drug-likeness (QED) is 0.893. The Kier molecular flexibility index (Phi) is 5.32. The molecule has 1 aliphatic carbocycles. The Hall–Kier alpha value is -0.860. The number of benzene rings is 1. The van der Waals surface area contributed by atoms with Crippen molar-refractivity contribution in [2.24, 2.45) is 0 Å². The first-order valence-corrected chi connectivity index (χ1v) is 8.77. The van der Waals surface area contributed by atoms with Crippen LogP contribution < -0.4 is 5.32 Å². The van der Waals surface area contributed by atoms with Gasteiger partial charge in [0.2, 0.25) is 0 Å². The number of ether oxygens (including phenoxy) is 1. The maximum Gasteiger partial charge on any atom is 0.0587 e. The molecule has 2 unspecified atom stereocenters. The Morgan fingerprint density at radius 1 is 1.00 bits per heavy atom. The summed E-state index contributed by atoms with van der Waals surface area (Å²) in [6.07, 6.45) is 9.35. The first kappa shape index (κ1) is 15.1. The zero-order valence-electron chi connectivity index (χ0n) is 13.3. The molecular weight excluding hydrogens is 258 g/mol. The van der Waals surface area contributed by atoms with Crippen LogP contribution in [-0.4, -0.2) is 24.8 Å². The van der Waals surface area contributed by atoms with Crippen molar-refractivity contribution < 1.29 is 4.74 Å². The van der Waals surface area contributed by atoms with Crippen LogP contribution in [0.25, 0.3) is 0 Å². The highest BCUT2D eigenvalue weighted by Crippen LogP contribution is 2.33. The minimum atomic E-state index is 0.483. The molecule has 1 heterocycles. The van der Waals surface area contributed by atoms with Crippen LogP contribution in [0.1, 0.15) is 63.4 Å². The molecule has 1 aromatic carbocycles. The van der Waals surface area contributed by atoms with Crippen molar-refractivity contribution >= 4 is 0 Å². The molecule has 0 bridgehead atoms. The molecule has 2 nitrogen and oxygen atoms in total. The van der Waals surface area contributed by atoms with E-state index in [9.17, 15) is 0 Å². The van der Waals surface area contributed by atoms with Gasteiger partial charge in [-0.3, -0.25) is 0 Å². The van der Waals surface area contributed by atoms with Gasteiger partial charge in [0.1, 0.15) is 0 Å². The first-order valence-electron chi connectivity index (χ1n) is 8.77. The van der Waals surface area contributed by atoms with Gasteiger partial charge in [-0.1, -0.05) is 37.3 Å². The molecule has 21 heavy (non-hydrogen) atoms. The van der Waals surface area contributed by atoms with Crippen molar-refractivity contribution in [1.82, 2.24) is 5.32 Å². The summed E-state index contributed by atoms with van der Waals surface area (Å²) < 4.78 is 5.78. The molecule has 0 aromatic heterocycles. The van der Waals surface area contributed by atoms with Crippen LogP contribution in [-0.2, 0) is 4.74 Å². The Labute approximate surface area is 129 Å². The van der Waals surface area contributed by atoms with Gasteiger partial charge in [0.05, 0.1) is 6.10 Å².